The Kier molecular flexibility index (Phi) is 4.72. The van der Waals surface area contributed by atoms with Crippen LogP contribution in [0.4, 0.5) is 0 Å². The minimum atomic E-state index is -0.239. The van der Waals surface area contributed by atoms with E-state index in [1.807, 2.05) is 29.7 Å². The maximum atomic E-state index is 12.5. The van der Waals surface area contributed by atoms with Crippen LogP contribution in [0.3, 0.4) is 0 Å². The molecule has 1 unspecified atom stereocenters. The van der Waals surface area contributed by atoms with Crippen LogP contribution in [0.2, 0.25) is 0 Å². The van der Waals surface area contributed by atoms with Crippen LogP contribution in [0.15, 0.2) is 43.0 Å². The molecule has 0 fully saturated rings. The Morgan fingerprint density at radius 3 is 2.95 bits per heavy atom. The predicted molar refractivity (Wildman–Crippen MR) is 79.2 cm³/mol. The molecular weight excluding hydrogens is 264 g/mol. The average molecular weight is 282 g/mol. The number of rotatable bonds is 5. The fraction of sp³-hybridized carbons (Fsp3) is 0.312. The van der Waals surface area contributed by atoms with Crippen LogP contribution in [-0.4, -0.2) is 27.4 Å². The smallest absolute Gasteiger partial charge is 0.245 e. The van der Waals surface area contributed by atoms with E-state index in [2.05, 4.69) is 11.1 Å². The highest BCUT2D eigenvalue weighted by Gasteiger charge is 2.21. The number of imidazole rings is 1. The first-order chi connectivity index (χ1) is 10.2. The molecule has 0 N–H and O–H groups in total. The first-order valence-electron chi connectivity index (χ1n) is 6.87. The summed E-state index contributed by atoms with van der Waals surface area (Å²) in [6.07, 6.45) is 5.84. The lowest BCUT2D eigenvalue weighted by Gasteiger charge is -2.24. The molecule has 108 valence electrons. The third kappa shape index (κ3) is 3.48. The summed E-state index contributed by atoms with van der Waals surface area (Å²) in [5.41, 5.74) is 1.56. The van der Waals surface area contributed by atoms with Gasteiger partial charge < -0.3 is 9.47 Å². The van der Waals surface area contributed by atoms with Crippen molar-refractivity contribution in [1.29, 1.82) is 5.26 Å². The SMILES string of the molecule is CCC(C(=O)N(C)Cc1cccc(C#N)c1)n1ccnc1. The van der Waals surface area contributed by atoms with E-state index in [1.165, 1.54) is 0 Å². The molecule has 1 amide bonds. The van der Waals surface area contributed by atoms with Gasteiger partial charge in [-0.3, -0.25) is 4.79 Å². The second-order valence-corrected chi connectivity index (χ2v) is 4.94. The molecule has 0 saturated carbocycles. The van der Waals surface area contributed by atoms with E-state index in [9.17, 15) is 4.79 Å². The lowest BCUT2D eigenvalue weighted by Crippen LogP contribution is -2.33. The van der Waals surface area contributed by atoms with Crippen LogP contribution in [-0.2, 0) is 11.3 Å². The number of nitriles is 1. The monoisotopic (exact) mass is 282 g/mol. The molecule has 0 aliphatic rings. The summed E-state index contributed by atoms with van der Waals surface area (Å²) in [6.45, 7) is 2.46. The molecular formula is C16H18N4O. The zero-order chi connectivity index (χ0) is 15.2. The minimum absolute atomic E-state index is 0.0397. The minimum Gasteiger partial charge on any atom is -0.340 e. The molecule has 1 aromatic heterocycles. The first kappa shape index (κ1) is 14.8. The van der Waals surface area contributed by atoms with Crippen molar-refractivity contribution in [1.82, 2.24) is 14.5 Å². The first-order valence-corrected chi connectivity index (χ1v) is 6.87. The maximum Gasteiger partial charge on any atom is 0.245 e. The molecule has 0 bridgehead atoms. The van der Waals surface area contributed by atoms with E-state index < -0.39 is 0 Å². The summed E-state index contributed by atoms with van der Waals surface area (Å²) in [5.74, 6) is 0.0397. The molecule has 2 rings (SSSR count). The summed E-state index contributed by atoms with van der Waals surface area (Å²) < 4.78 is 1.82. The van der Waals surface area contributed by atoms with Crippen molar-refractivity contribution in [3.05, 3.63) is 54.1 Å². The zero-order valence-electron chi connectivity index (χ0n) is 12.2. The number of carbonyl (C=O) groups excluding carboxylic acids is 1. The fourth-order valence-corrected chi connectivity index (χ4v) is 2.31. The van der Waals surface area contributed by atoms with Gasteiger partial charge in [-0.05, 0) is 24.1 Å². The van der Waals surface area contributed by atoms with Gasteiger partial charge in [0.15, 0.2) is 0 Å². The standard InChI is InChI=1S/C16H18N4O/c1-3-15(20-8-7-18-12-20)16(21)19(2)11-14-6-4-5-13(9-14)10-17/h4-9,12,15H,3,11H2,1-2H3. The summed E-state index contributed by atoms with van der Waals surface area (Å²) in [7, 11) is 1.78. The van der Waals surface area contributed by atoms with Gasteiger partial charge in [-0.15, -0.1) is 0 Å². The van der Waals surface area contributed by atoms with E-state index in [4.69, 9.17) is 5.26 Å². The van der Waals surface area contributed by atoms with Crippen LogP contribution in [0.1, 0.15) is 30.5 Å². The van der Waals surface area contributed by atoms with Crippen molar-refractivity contribution in [3.8, 4) is 6.07 Å². The van der Waals surface area contributed by atoms with Crippen molar-refractivity contribution in [2.45, 2.75) is 25.9 Å². The fourth-order valence-electron chi connectivity index (χ4n) is 2.31. The number of likely N-dealkylation sites (N-methyl/N-ethyl adjacent to an activating group) is 1. The lowest BCUT2D eigenvalue weighted by molar-refractivity contribution is -0.134. The Bertz CT molecular complexity index is 643. The molecule has 2 aromatic rings. The zero-order valence-corrected chi connectivity index (χ0v) is 12.2. The van der Waals surface area contributed by atoms with Crippen molar-refractivity contribution in [2.75, 3.05) is 7.05 Å². The number of aromatic nitrogens is 2. The second kappa shape index (κ2) is 6.71. The highest BCUT2D eigenvalue weighted by atomic mass is 16.2. The van der Waals surface area contributed by atoms with E-state index in [1.54, 1.807) is 36.7 Å². The number of hydrogen-bond acceptors (Lipinski definition) is 3. The molecule has 1 atom stereocenters. The lowest BCUT2D eigenvalue weighted by atomic mass is 10.1. The summed E-state index contributed by atoms with van der Waals surface area (Å²) in [4.78, 5) is 18.2. The Hall–Kier alpha value is -2.61. The van der Waals surface area contributed by atoms with Crippen LogP contribution in [0.25, 0.3) is 0 Å². The van der Waals surface area contributed by atoms with Gasteiger partial charge in [0.2, 0.25) is 5.91 Å². The predicted octanol–water partition coefficient (Wildman–Crippen LogP) is 2.36. The van der Waals surface area contributed by atoms with E-state index in [0.717, 1.165) is 5.56 Å². The molecule has 0 aliphatic carbocycles. The highest BCUT2D eigenvalue weighted by Crippen LogP contribution is 2.16. The third-order valence-electron chi connectivity index (χ3n) is 3.41. The molecule has 0 radical (unpaired) electrons. The van der Waals surface area contributed by atoms with Gasteiger partial charge in [-0.25, -0.2) is 4.98 Å². The topological polar surface area (TPSA) is 61.9 Å². The molecule has 1 aromatic carbocycles. The van der Waals surface area contributed by atoms with Gasteiger partial charge >= 0.3 is 0 Å². The molecule has 0 aliphatic heterocycles. The third-order valence-corrected chi connectivity index (χ3v) is 3.41. The number of nitrogens with zero attached hydrogens (tertiary/aromatic N) is 4. The van der Waals surface area contributed by atoms with E-state index in [0.29, 0.717) is 18.5 Å². The molecule has 21 heavy (non-hydrogen) atoms. The number of benzene rings is 1. The van der Waals surface area contributed by atoms with Crippen LogP contribution in [0.5, 0.6) is 0 Å². The van der Waals surface area contributed by atoms with Crippen LogP contribution >= 0.6 is 0 Å². The van der Waals surface area contributed by atoms with E-state index in [-0.39, 0.29) is 11.9 Å². The van der Waals surface area contributed by atoms with Gasteiger partial charge in [0.1, 0.15) is 6.04 Å². The Morgan fingerprint density at radius 1 is 1.52 bits per heavy atom. The Balaban J connectivity index is 2.10. The van der Waals surface area contributed by atoms with Crippen molar-refractivity contribution in [3.63, 3.8) is 0 Å². The van der Waals surface area contributed by atoms with Gasteiger partial charge in [-0.1, -0.05) is 19.1 Å². The highest BCUT2D eigenvalue weighted by molar-refractivity contribution is 5.80. The molecule has 5 heteroatoms. The summed E-state index contributed by atoms with van der Waals surface area (Å²) >= 11 is 0. The van der Waals surface area contributed by atoms with Crippen LogP contribution in [0, 0.1) is 11.3 Å². The van der Waals surface area contributed by atoms with E-state index >= 15 is 0 Å². The molecule has 1 heterocycles. The average Bonchev–Trinajstić information content (AvgIpc) is 3.02. The van der Waals surface area contributed by atoms with Gasteiger partial charge in [0.25, 0.3) is 0 Å². The van der Waals surface area contributed by atoms with Crippen molar-refractivity contribution in [2.24, 2.45) is 0 Å². The normalized spacial score (nSPS) is 11.7. The Morgan fingerprint density at radius 2 is 2.33 bits per heavy atom. The summed E-state index contributed by atoms with van der Waals surface area (Å²) in [5, 5.41) is 8.92. The van der Waals surface area contributed by atoms with Gasteiger partial charge in [-0.2, -0.15) is 5.26 Å². The van der Waals surface area contributed by atoms with Gasteiger partial charge in [0, 0.05) is 26.0 Å². The molecule has 0 saturated heterocycles. The number of carbonyl (C=O) groups is 1. The summed E-state index contributed by atoms with van der Waals surface area (Å²) in [6, 6.07) is 9.19. The second-order valence-electron chi connectivity index (χ2n) is 4.94. The largest absolute Gasteiger partial charge is 0.340 e. The molecule has 0 spiro atoms. The van der Waals surface area contributed by atoms with Crippen molar-refractivity contribution < 1.29 is 4.79 Å². The van der Waals surface area contributed by atoms with Crippen LogP contribution < -0.4 is 0 Å². The van der Waals surface area contributed by atoms with Crippen molar-refractivity contribution >= 4 is 5.91 Å². The quantitative estimate of drug-likeness (QED) is 0.845. The maximum absolute atomic E-state index is 12.5. The number of amides is 1. The number of hydrogen-bond donors (Lipinski definition) is 0. The molecule has 5 nitrogen and oxygen atoms in total. The van der Waals surface area contributed by atoms with Gasteiger partial charge in [0.05, 0.1) is 18.0 Å². The Labute approximate surface area is 124 Å².